The van der Waals surface area contributed by atoms with Gasteiger partial charge in [0.2, 0.25) is 0 Å². The molecule has 0 aliphatic rings. The molecule has 19 heavy (non-hydrogen) atoms. The van der Waals surface area contributed by atoms with Crippen LogP contribution in [0.2, 0.25) is 5.02 Å². The van der Waals surface area contributed by atoms with Crippen molar-refractivity contribution in [1.82, 2.24) is 4.98 Å². The van der Waals surface area contributed by atoms with E-state index in [1.54, 1.807) is 6.07 Å². The molecule has 0 bridgehead atoms. The Hall–Kier alpha value is -2.05. The lowest BCUT2D eigenvalue weighted by Gasteiger charge is -2.26. The second-order valence-corrected chi connectivity index (χ2v) is 4.77. The van der Waals surface area contributed by atoms with E-state index < -0.39 is 0 Å². The summed E-state index contributed by atoms with van der Waals surface area (Å²) in [5, 5.41) is 9.61. The van der Waals surface area contributed by atoms with Gasteiger partial charge in [-0.25, -0.2) is 4.98 Å². The zero-order chi connectivity index (χ0) is 13.8. The smallest absolute Gasteiger partial charge is 0.142 e. The predicted octanol–water partition coefficient (Wildman–Crippen LogP) is 3.80. The molecule has 1 unspecified atom stereocenters. The van der Waals surface area contributed by atoms with Gasteiger partial charge in [-0.05, 0) is 36.8 Å². The SMILES string of the molecule is CC(c1cccc(Cl)c1)N(C)c1cccc(C#N)n1. The molecule has 1 aromatic heterocycles. The second kappa shape index (κ2) is 5.73. The van der Waals surface area contributed by atoms with E-state index in [9.17, 15) is 0 Å². The van der Waals surface area contributed by atoms with E-state index in [4.69, 9.17) is 16.9 Å². The maximum absolute atomic E-state index is 8.89. The standard InChI is InChI=1S/C15H14ClN3/c1-11(12-5-3-6-13(16)9-12)19(2)15-8-4-7-14(10-17)18-15/h3-9,11H,1-2H3. The largest absolute Gasteiger partial charge is 0.353 e. The summed E-state index contributed by atoms with van der Waals surface area (Å²) in [5.41, 5.74) is 1.53. The van der Waals surface area contributed by atoms with Gasteiger partial charge in [0.05, 0.1) is 6.04 Å². The van der Waals surface area contributed by atoms with Crippen LogP contribution in [0.25, 0.3) is 0 Å². The van der Waals surface area contributed by atoms with Crippen LogP contribution in [0.5, 0.6) is 0 Å². The topological polar surface area (TPSA) is 39.9 Å². The van der Waals surface area contributed by atoms with Gasteiger partial charge in [0, 0.05) is 12.1 Å². The lowest BCUT2D eigenvalue weighted by atomic mass is 10.1. The number of hydrogen-bond acceptors (Lipinski definition) is 3. The van der Waals surface area contributed by atoms with Gasteiger partial charge in [-0.3, -0.25) is 0 Å². The van der Waals surface area contributed by atoms with Gasteiger partial charge in [-0.1, -0.05) is 29.8 Å². The first kappa shape index (κ1) is 13.4. The summed E-state index contributed by atoms with van der Waals surface area (Å²) < 4.78 is 0. The molecule has 0 saturated carbocycles. The first-order valence-electron chi connectivity index (χ1n) is 5.97. The third-order valence-corrected chi connectivity index (χ3v) is 3.36. The molecular weight excluding hydrogens is 258 g/mol. The Morgan fingerprint density at radius 1 is 1.26 bits per heavy atom. The van der Waals surface area contributed by atoms with Crippen molar-refractivity contribution < 1.29 is 0 Å². The van der Waals surface area contributed by atoms with Crippen molar-refractivity contribution in [2.45, 2.75) is 13.0 Å². The third kappa shape index (κ3) is 3.04. The van der Waals surface area contributed by atoms with Crippen molar-refractivity contribution in [1.29, 1.82) is 5.26 Å². The summed E-state index contributed by atoms with van der Waals surface area (Å²) in [6.07, 6.45) is 0. The van der Waals surface area contributed by atoms with Crippen LogP contribution in [0.4, 0.5) is 5.82 Å². The molecule has 1 aromatic carbocycles. The second-order valence-electron chi connectivity index (χ2n) is 4.33. The molecule has 0 fully saturated rings. The Labute approximate surface area is 118 Å². The van der Waals surface area contributed by atoms with Crippen molar-refractivity contribution >= 4 is 17.4 Å². The Morgan fingerprint density at radius 3 is 2.68 bits per heavy atom. The number of aromatic nitrogens is 1. The van der Waals surface area contributed by atoms with Crippen LogP contribution in [-0.2, 0) is 0 Å². The minimum Gasteiger partial charge on any atom is -0.353 e. The molecule has 1 heterocycles. The summed E-state index contributed by atoms with van der Waals surface area (Å²) in [4.78, 5) is 6.31. The van der Waals surface area contributed by atoms with Crippen LogP contribution in [0.15, 0.2) is 42.5 Å². The Balaban J connectivity index is 2.28. The van der Waals surface area contributed by atoms with Crippen molar-refractivity contribution in [3.05, 3.63) is 58.7 Å². The molecule has 96 valence electrons. The van der Waals surface area contributed by atoms with E-state index in [0.717, 1.165) is 16.4 Å². The van der Waals surface area contributed by atoms with Gasteiger partial charge in [0.15, 0.2) is 0 Å². The molecule has 0 aliphatic carbocycles. The van der Waals surface area contributed by atoms with Crippen LogP contribution in [-0.4, -0.2) is 12.0 Å². The van der Waals surface area contributed by atoms with Crippen molar-refractivity contribution in [2.75, 3.05) is 11.9 Å². The van der Waals surface area contributed by atoms with Crippen molar-refractivity contribution in [3.8, 4) is 6.07 Å². The van der Waals surface area contributed by atoms with Crippen LogP contribution in [0, 0.1) is 11.3 Å². The van der Waals surface area contributed by atoms with Crippen LogP contribution >= 0.6 is 11.6 Å². The zero-order valence-corrected chi connectivity index (χ0v) is 11.6. The van der Waals surface area contributed by atoms with Crippen LogP contribution in [0.3, 0.4) is 0 Å². The van der Waals surface area contributed by atoms with Crippen LogP contribution in [0.1, 0.15) is 24.2 Å². The highest BCUT2D eigenvalue weighted by Gasteiger charge is 2.13. The molecule has 3 nitrogen and oxygen atoms in total. The summed E-state index contributed by atoms with van der Waals surface area (Å²) in [7, 11) is 1.95. The lowest BCUT2D eigenvalue weighted by molar-refractivity contribution is 0.728. The van der Waals surface area contributed by atoms with Gasteiger partial charge >= 0.3 is 0 Å². The molecule has 4 heteroatoms. The molecular formula is C15H14ClN3. The fraction of sp³-hybridized carbons (Fsp3) is 0.200. The van der Waals surface area contributed by atoms with E-state index in [1.807, 2.05) is 48.3 Å². The summed E-state index contributed by atoms with van der Waals surface area (Å²) in [5.74, 6) is 0.770. The summed E-state index contributed by atoms with van der Waals surface area (Å²) in [6.45, 7) is 2.08. The first-order valence-corrected chi connectivity index (χ1v) is 6.35. The highest BCUT2D eigenvalue weighted by atomic mass is 35.5. The van der Waals surface area contributed by atoms with Crippen LogP contribution < -0.4 is 4.90 Å². The molecule has 0 N–H and O–H groups in total. The van der Waals surface area contributed by atoms with E-state index in [0.29, 0.717) is 5.69 Å². The normalized spacial score (nSPS) is 11.7. The highest BCUT2D eigenvalue weighted by molar-refractivity contribution is 6.30. The fourth-order valence-electron chi connectivity index (χ4n) is 1.87. The van der Waals surface area contributed by atoms with E-state index in [-0.39, 0.29) is 6.04 Å². The maximum atomic E-state index is 8.89. The lowest BCUT2D eigenvalue weighted by Crippen LogP contribution is -2.22. The number of rotatable bonds is 3. The number of anilines is 1. The zero-order valence-electron chi connectivity index (χ0n) is 10.8. The van der Waals surface area contributed by atoms with E-state index in [2.05, 4.69) is 18.0 Å². The molecule has 2 aromatic rings. The number of pyridine rings is 1. The molecule has 0 spiro atoms. The van der Waals surface area contributed by atoms with Gasteiger partial charge < -0.3 is 4.90 Å². The quantitative estimate of drug-likeness (QED) is 0.852. The first-order chi connectivity index (χ1) is 9.11. The van der Waals surface area contributed by atoms with Crippen molar-refractivity contribution in [2.24, 2.45) is 0 Å². The molecule has 0 aliphatic heterocycles. The number of halogens is 1. The van der Waals surface area contributed by atoms with E-state index >= 15 is 0 Å². The number of nitrogens with zero attached hydrogens (tertiary/aromatic N) is 3. The maximum Gasteiger partial charge on any atom is 0.142 e. The molecule has 2 rings (SSSR count). The Kier molecular flexibility index (Phi) is 4.03. The number of nitriles is 1. The van der Waals surface area contributed by atoms with Gasteiger partial charge in [-0.2, -0.15) is 5.26 Å². The molecule has 0 radical (unpaired) electrons. The summed E-state index contributed by atoms with van der Waals surface area (Å²) in [6, 6.07) is 15.4. The van der Waals surface area contributed by atoms with E-state index in [1.165, 1.54) is 0 Å². The average molecular weight is 272 g/mol. The summed E-state index contributed by atoms with van der Waals surface area (Å²) >= 11 is 6.01. The monoisotopic (exact) mass is 271 g/mol. The minimum atomic E-state index is 0.125. The van der Waals surface area contributed by atoms with Crippen molar-refractivity contribution in [3.63, 3.8) is 0 Å². The Morgan fingerprint density at radius 2 is 2.00 bits per heavy atom. The average Bonchev–Trinajstić information content (AvgIpc) is 2.45. The fourth-order valence-corrected chi connectivity index (χ4v) is 2.07. The molecule has 0 saturated heterocycles. The Bertz CT molecular complexity index is 619. The molecule has 0 amide bonds. The van der Waals surface area contributed by atoms with Gasteiger partial charge in [-0.15, -0.1) is 0 Å². The van der Waals surface area contributed by atoms with Gasteiger partial charge in [0.1, 0.15) is 17.6 Å². The van der Waals surface area contributed by atoms with Gasteiger partial charge in [0.25, 0.3) is 0 Å². The third-order valence-electron chi connectivity index (χ3n) is 3.12. The highest BCUT2D eigenvalue weighted by Crippen LogP contribution is 2.25. The molecule has 1 atom stereocenters. The number of hydrogen-bond donors (Lipinski definition) is 0. The minimum absolute atomic E-state index is 0.125. The number of benzene rings is 1. The predicted molar refractivity (Wildman–Crippen MR) is 77.2 cm³/mol.